The third-order valence-corrected chi connectivity index (χ3v) is 2.74. The molecule has 0 saturated heterocycles. The van der Waals surface area contributed by atoms with Crippen molar-refractivity contribution in [3.8, 4) is 5.75 Å². The molecule has 0 unspecified atom stereocenters. The summed E-state index contributed by atoms with van der Waals surface area (Å²) in [6.45, 7) is 2.17. The molecule has 5 heteroatoms. The number of benzene rings is 2. The number of hydrogen-bond donors (Lipinski definition) is 2. The van der Waals surface area contributed by atoms with Crippen LogP contribution in [0.2, 0.25) is 6.82 Å². The van der Waals surface area contributed by atoms with E-state index < -0.39 is 7.05 Å². The molecule has 0 radical (unpaired) electrons. The zero-order chi connectivity index (χ0) is 13.0. The Morgan fingerprint density at radius 3 is 2.61 bits per heavy atom. The van der Waals surface area contributed by atoms with Crippen LogP contribution in [0.15, 0.2) is 36.4 Å². The van der Waals surface area contributed by atoms with Crippen LogP contribution in [0.4, 0.5) is 5.69 Å². The van der Waals surface area contributed by atoms with Crippen LogP contribution >= 0.6 is 11.6 Å². The van der Waals surface area contributed by atoms with E-state index in [-0.39, 0.29) is 0 Å². The molecule has 18 heavy (non-hydrogen) atoms. The van der Waals surface area contributed by atoms with Crippen LogP contribution < -0.4 is 9.96 Å². The molecule has 0 amide bonds. The fraction of sp³-hybridized carbons (Fsp3) is 0.231. The number of nitrogens with one attached hydrogen (secondary N) is 1. The summed E-state index contributed by atoms with van der Waals surface area (Å²) in [6, 6.07) is 11.7. The van der Waals surface area contributed by atoms with Gasteiger partial charge in [-0.3, -0.25) is 0 Å². The molecule has 0 aliphatic rings. The van der Waals surface area contributed by atoms with Crippen LogP contribution in [0.25, 0.3) is 10.8 Å². The molecule has 0 aromatic heterocycles. The highest BCUT2D eigenvalue weighted by Gasteiger charge is 2.09. The maximum absolute atomic E-state index is 9.42. The van der Waals surface area contributed by atoms with Gasteiger partial charge in [-0.05, 0) is 19.0 Å². The molecule has 0 bridgehead atoms. The first-order valence-corrected chi connectivity index (χ1v) is 6.41. The van der Waals surface area contributed by atoms with Crippen molar-refractivity contribution < 1.29 is 9.76 Å². The van der Waals surface area contributed by atoms with Crippen LogP contribution in [-0.2, 0) is 0 Å². The second-order valence-corrected chi connectivity index (χ2v) is 4.39. The normalized spacial score (nSPS) is 10.4. The van der Waals surface area contributed by atoms with E-state index in [2.05, 4.69) is 5.23 Å². The summed E-state index contributed by atoms with van der Waals surface area (Å²) in [4.78, 5) is 0. The Labute approximate surface area is 112 Å². The second-order valence-electron chi connectivity index (χ2n) is 4.01. The van der Waals surface area contributed by atoms with E-state index in [9.17, 15) is 5.02 Å². The molecule has 2 aromatic rings. The van der Waals surface area contributed by atoms with Gasteiger partial charge in [-0.25, -0.2) is 0 Å². The van der Waals surface area contributed by atoms with Crippen molar-refractivity contribution in [2.24, 2.45) is 0 Å². The smallest absolute Gasteiger partial charge is 0.406 e. The monoisotopic (exact) mass is 263 g/mol. The van der Waals surface area contributed by atoms with Crippen molar-refractivity contribution in [1.82, 2.24) is 0 Å². The summed E-state index contributed by atoms with van der Waals surface area (Å²) in [5.41, 5.74) is 0.888. The number of hydrogen-bond acceptors (Lipinski definition) is 3. The molecule has 0 heterocycles. The number of halogens is 1. The van der Waals surface area contributed by atoms with Gasteiger partial charge in [0.05, 0.1) is 5.88 Å². The third-order valence-electron chi connectivity index (χ3n) is 2.58. The lowest BCUT2D eigenvalue weighted by molar-refractivity contribution is 0.347. The van der Waals surface area contributed by atoms with Crippen LogP contribution in [0.5, 0.6) is 5.75 Å². The molecule has 2 N–H and O–H groups in total. The Morgan fingerprint density at radius 1 is 1.22 bits per heavy atom. The van der Waals surface area contributed by atoms with Crippen molar-refractivity contribution in [3.05, 3.63) is 36.4 Å². The van der Waals surface area contributed by atoms with Crippen molar-refractivity contribution in [3.63, 3.8) is 0 Å². The summed E-state index contributed by atoms with van der Waals surface area (Å²) in [7, 11) is -0.594. The van der Waals surface area contributed by atoms with Gasteiger partial charge in [0, 0.05) is 16.5 Å². The highest BCUT2D eigenvalue weighted by Crippen LogP contribution is 2.31. The lowest BCUT2D eigenvalue weighted by atomic mass is 9.87. The summed E-state index contributed by atoms with van der Waals surface area (Å²) >= 11 is 5.63. The first-order chi connectivity index (χ1) is 8.72. The Hall–Kier alpha value is -1.39. The van der Waals surface area contributed by atoms with Crippen molar-refractivity contribution in [2.45, 2.75) is 6.82 Å². The fourth-order valence-corrected chi connectivity index (χ4v) is 1.97. The molecule has 2 aromatic carbocycles. The highest BCUT2D eigenvalue weighted by molar-refractivity contribution is 6.53. The first kappa shape index (κ1) is 13.1. The predicted molar refractivity (Wildman–Crippen MR) is 77.6 cm³/mol. The largest absolute Gasteiger partial charge is 0.492 e. The van der Waals surface area contributed by atoms with E-state index in [4.69, 9.17) is 16.3 Å². The third kappa shape index (κ3) is 2.89. The van der Waals surface area contributed by atoms with E-state index in [1.165, 1.54) is 0 Å². The summed E-state index contributed by atoms with van der Waals surface area (Å²) in [5.74, 6) is 1.27. The van der Waals surface area contributed by atoms with E-state index in [0.717, 1.165) is 22.2 Å². The SMILES string of the molecule is CB(O)Nc1ccc(OCCCl)c2ccccc12. The Balaban J connectivity index is 2.44. The number of alkyl halides is 1. The average molecular weight is 264 g/mol. The molecular weight excluding hydrogens is 248 g/mol. The van der Waals surface area contributed by atoms with Gasteiger partial charge in [-0.15, -0.1) is 11.6 Å². The molecule has 0 saturated carbocycles. The Kier molecular flexibility index (Phi) is 4.34. The Morgan fingerprint density at radius 2 is 1.94 bits per heavy atom. The lowest BCUT2D eigenvalue weighted by Crippen LogP contribution is -2.19. The minimum absolute atomic E-state index is 0.460. The van der Waals surface area contributed by atoms with Crippen LogP contribution in [0.3, 0.4) is 0 Å². The van der Waals surface area contributed by atoms with E-state index in [0.29, 0.717) is 12.5 Å². The molecule has 0 atom stereocenters. The summed E-state index contributed by atoms with van der Waals surface area (Å²) in [5, 5.41) is 14.4. The first-order valence-electron chi connectivity index (χ1n) is 5.87. The molecule has 0 fully saturated rings. The molecule has 2 rings (SSSR count). The molecule has 3 nitrogen and oxygen atoms in total. The topological polar surface area (TPSA) is 41.5 Å². The molecule has 0 aliphatic heterocycles. The van der Waals surface area contributed by atoms with Gasteiger partial charge in [0.2, 0.25) is 0 Å². The van der Waals surface area contributed by atoms with E-state index in [1.807, 2.05) is 36.4 Å². The highest BCUT2D eigenvalue weighted by atomic mass is 35.5. The lowest BCUT2D eigenvalue weighted by Gasteiger charge is -2.13. The minimum atomic E-state index is -0.594. The van der Waals surface area contributed by atoms with Crippen LogP contribution in [-0.4, -0.2) is 24.6 Å². The molecule has 0 aliphatic carbocycles. The van der Waals surface area contributed by atoms with Crippen molar-refractivity contribution in [1.29, 1.82) is 0 Å². The average Bonchev–Trinajstić information content (AvgIpc) is 2.37. The van der Waals surface area contributed by atoms with Gasteiger partial charge in [-0.2, -0.15) is 0 Å². The van der Waals surface area contributed by atoms with E-state index >= 15 is 0 Å². The van der Waals surface area contributed by atoms with Gasteiger partial charge in [-0.1, -0.05) is 24.3 Å². The van der Waals surface area contributed by atoms with Gasteiger partial charge >= 0.3 is 7.05 Å². The zero-order valence-electron chi connectivity index (χ0n) is 10.2. The molecule has 94 valence electrons. The van der Waals surface area contributed by atoms with Gasteiger partial charge in [0.1, 0.15) is 12.4 Å². The number of fused-ring (bicyclic) bond motifs is 1. The number of anilines is 1. The quantitative estimate of drug-likeness (QED) is 0.644. The number of ether oxygens (including phenoxy) is 1. The number of rotatable bonds is 5. The van der Waals surface area contributed by atoms with E-state index in [1.54, 1.807) is 6.82 Å². The maximum atomic E-state index is 9.42. The predicted octanol–water partition coefficient (Wildman–Crippen LogP) is 2.98. The minimum Gasteiger partial charge on any atom is -0.492 e. The van der Waals surface area contributed by atoms with Gasteiger partial charge in [0.25, 0.3) is 0 Å². The standard InChI is InChI=1S/C13H15BClNO2/c1-14(17)16-12-6-7-13(18-9-8-15)11-5-3-2-4-10(11)12/h2-7,16-17H,8-9H2,1H3. The van der Waals surface area contributed by atoms with Crippen LogP contribution in [0.1, 0.15) is 0 Å². The Bertz CT molecular complexity index is 533. The van der Waals surface area contributed by atoms with Crippen molar-refractivity contribution in [2.75, 3.05) is 17.7 Å². The molecular formula is C13H15BClNO2. The summed E-state index contributed by atoms with van der Waals surface area (Å²) in [6.07, 6.45) is 0. The van der Waals surface area contributed by atoms with Gasteiger partial charge < -0.3 is 15.0 Å². The zero-order valence-corrected chi connectivity index (χ0v) is 10.9. The summed E-state index contributed by atoms with van der Waals surface area (Å²) < 4.78 is 5.61. The maximum Gasteiger partial charge on any atom is 0.406 e. The van der Waals surface area contributed by atoms with Crippen molar-refractivity contribution >= 4 is 35.1 Å². The second kappa shape index (κ2) is 5.98. The fourth-order valence-electron chi connectivity index (χ4n) is 1.90. The molecule has 0 spiro atoms. The van der Waals surface area contributed by atoms with Crippen LogP contribution in [0, 0.1) is 0 Å². The van der Waals surface area contributed by atoms with Gasteiger partial charge in [0.15, 0.2) is 0 Å².